The molecule has 196 valence electrons. The maximum absolute atomic E-state index is 14.0. The maximum atomic E-state index is 14.0. The third kappa shape index (κ3) is 2.84. The summed E-state index contributed by atoms with van der Waals surface area (Å²) in [5, 5.41) is 23.8. The van der Waals surface area contributed by atoms with E-state index in [9.17, 15) is 29.0 Å². The first kappa shape index (κ1) is 24.6. The predicted molar refractivity (Wildman–Crippen MR) is 129 cm³/mol. The lowest BCUT2D eigenvalue weighted by molar-refractivity contribution is -0.437. The van der Waals surface area contributed by atoms with Crippen molar-refractivity contribution >= 4 is 23.6 Å². The van der Waals surface area contributed by atoms with Crippen molar-refractivity contribution < 1.29 is 38.5 Å². The second-order valence-corrected chi connectivity index (χ2v) is 12.1. The van der Waals surface area contributed by atoms with E-state index in [4.69, 9.17) is 9.47 Å². The standard InChI is InChI=1S/C29H31FO7/c1-15-18-9-10-19-27-14-36-29(35,24(34)22(27)26(2,3)13-12-20(27)31)28(19,23(15)33)25(18)37-21(32)11-6-16-4-7-17(30)8-5-16/h4-8,11,18-19,22,24-25,34-35H,1,9-10,12-14H2,2-3H3/b11-6+/t18-,19-,22+,24-,25+,27+,28-,29+/m0/s1. The largest absolute Gasteiger partial charge is 0.457 e. The second kappa shape index (κ2) is 7.68. The summed E-state index contributed by atoms with van der Waals surface area (Å²) in [4.78, 5) is 40.8. The molecule has 0 aromatic heterocycles. The average Bonchev–Trinajstić information content (AvgIpc) is 2.97. The van der Waals surface area contributed by atoms with Gasteiger partial charge in [-0.3, -0.25) is 9.59 Å². The fraction of sp³-hybridized carbons (Fsp3) is 0.552. The van der Waals surface area contributed by atoms with Crippen molar-refractivity contribution in [2.45, 2.75) is 57.5 Å². The van der Waals surface area contributed by atoms with Crippen molar-refractivity contribution in [2.75, 3.05) is 6.61 Å². The number of ether oxygens (including phenoxy) is 2. The summed E-state index contributed by atoms with van der Waals surface area (Å²) in [5.41, 5.74) is -2.69. The average molecular weight is 511 g/mol. The van der Waals surface area contributed by atoms with E-state index in [1.807, 2.05) is 13.8 Å². The molecule has 1 aromatic carbocycles. The van der Waals surface area contributed by atoms with Crippen molar-refractivity contribution in [3.8, 4) is 0 Å². The maximum Gasteiger partial charge on any atom is 0.331 e. The molecule has 8 heteroatoms. The highest BCUT2D eigenvalue weighted by Crippen LogP contribution is 2.76. The number of rotatable bonds is 3. The van der Waals surface area contributed by atoms with E-state index in [0.717, 1.165) is 0 Å². The number of benzene rings is 1. The Morgan fingerprint density at radius 3 is 2.62 bits per heavy atom. The highest BCUT2D eigenvalue weighted by Gasteiger charge is 2.88. The lowest BCUT2D eigenvalue weighted by Gasteiger charge is -2.72. The summed E-state index contributed by atoms with van der Waals surface area (Å²) in [6.45, 7) is 7.85. The minimum atomic E-state index is -2.33. The minimum absolute atomic E-state index is 0.0768. The van der Waals surface area contributed by atoms with Gasteiger partial charge in [-0.2, -0.15) is 0 Å². The number of hydrogen-bond acceptors (Lipinski definition) is 7. The molecule has 7 nitrogen and oxygen atoms in total. The van der Waals surface area contributed by atoms with Crippen LogP contribution in [0.1, 0.15) is 45.1 Å². The zero-order valence-corrected chi connectivity index (χ0v) is 20.9. The van der Waals surface area contributed by atoms with Gasteiger partial charge in [0, 0.05) is 24.3 Å². The van der Waals surface area contributed by atoms with E-state index in [2.05, 4.69) is 6.58 Å². The summed E-state index contributed by atoms with van der Waals surface area (Å²) in [6, 6.07) is 5.55. The van der Waals surface area contributed by atoms with Crippen molar-refractivity contribution in [3.05, 3.63) is 53.9 Å². The Labute approximate surface area is 214 Å². The molecule has 2 spiro atoms. The minimum Gasteiger partial charge on any atom is -0.457 e. The molecule has 0 amide bonds. The number of carbonyl (C=O) groups is 3. The molecule has 1 aromatic rings. The van der Waals surface area contributed by atoms with Crippen LogP contribution in [-0.2, 0) is 23.9 Å². The highest BCUT2D eigenvalue weighted by molar-refractivity contribution is 6.06. The van der Waals surface area contributed by atoms with Gasteiger partial charge in [-0.15, -0.1) is 0 Å². The number of fused-ring (bicyclic) bond motifs is 2. The number of Topliss-reactive ketones (excluding diaryl/α,β-unsaturated/α-hetero) is 2. The molecule has 8 atom stereocenters. The van der Waals surface area contributed by atoms with Crippen molar-refractivity contribution in [2.24, 2.45) is 34.0 Å². The van der Waals surface area contributed by atoms with Crippen molar-refractivity contribution in [3.63, 3.8) is 0 Å². The number of halogens is 1. The van der Waals surface area contributed by atoms with Gasteiger partial charge in [-0.05, 0) is 59.9 Å². The van der Waals surface area contributed by atoms with Crippen LogP contribution in [0.25, 0.3) is 6.08 Å². The third-order valence-electron chi connectivity index (χ3n) is 10.1. The van der Waals surface area contributed by atoms with E-state index in [1.54, 1.807) is 0 Å². The molecule has 2 saturated heterocycles. The smallest absolute Gasteiger partial charge is 0.331 e. The predicted octanol–water partition coefficient (Wildman–Crippen LogP) is 2.99. The molecule has 6 fully saturated rings. The van der Waals surface area contributed by atoms with E-state index in [0.29, 0.717) is 24.8 Å². The van der Waals surface area contributed by atoms with E-state index in [-0.39, 0.29) is 24.4 Å². The van der Waals surface area contributed by atoms with Gasteiger partial charge >= 0.3 is 5.97 Å². The number of hydrogen-bond donors (Lipinski definition) is 2. The first-order valence-corrected chi connectivity index (χ1v) is 12.9. The number of ketones is 2. The quantitative estimate of drug-likeness (QED) is 0.475. The molecular formula is C29H31FO7. The van der Waals surface area contributed by atoms with Crippen LogP contribution in [0.2, 0.25) is 0 Å². The van der Waals surface area contributed by atoms with Crippen molar-refractivity contribution in [1.29, 1.82) is 0 Å². The van der Waals surface area contributed by atoms with Gasteiger partial charge in [0.1, 0.15) is 29.2 Å². The van der Waals surface area contributed by atoms with Gasteiger partial charge in [0.15, 0.2) is 5.78 Å². The van der Waals surface area contributed by atoms with Crippen LogP contribution >= 0.6 is 0 Å². The molecule has 6 aliphatic rings. The first-order valence-electron chi connectivity index (χ1n) is 12.9. The number of carbonyl (C=O) groups excluding carboxylic acids is 3. The Kier molecular flexibility index (Phi) is 5.12. The Balaban J connectivity index is 1.44. The molecule has 0 unspecified atom stereocenters. The number of esters is 1. The zero-order chi connectivity index (χ0) is 26.5. The Morgan fingerprint density at radius 2 is 1.92 bits per heavy atom. The zero-order valence-electron chi connectivity index (χ0n) is 20.9. The normalized spacial score (nSPS) is 43.6. The Morgan fingerprint density at radius 1 is 1.22 bits per heavy atom. The van der Waals surface area contributed by atoms with Gasteiger partial charge in [0.05, 0.1) is 12.0 Å². The van der Waals surface area contributed by atoms with E-state index in [1.165, 1.54) is 36.4 Å². The monoisotopic (exact) mass is 510 g/mol. The van der Waals surface area contributed by atoms with E-state index >= 15 is 0 Å². The first-order chi connectivity index (χ1) is 17.4. The molecule has 4 aliphatic carbocycles. The van der Waals surface area contributed by atoms with Crippen molar-refractivity contribution in [1.82, 2.24) is 0 Å². The van der Waals surface area contributed by atoms with Crippen LogP contribution in [0.3, 0.4) is 0 Å². The summed E-state index contributed by atoms with van der Waals surface area (Å²) >= 11 is 0. The lowest BCUT2D eigenvalue weighted by atomic mass is 9.36. The van der Waals surface area contributed by atoms with Crippen LogP contribution < -0.4 is 0 Å². The topological polar surface area (TPSA) is 110 Å². The second-order valence-electron chi connectivity index (χ2n) is 12.1. The van der Waals surface area contributed by atoms with Crippen LogP contribution in [0.5, 0.6) is 0 Å². The molecule has 4 saturated carbocycles. The van der Waals surface area contributed by atoms with Gasteiger partial charge < -0.3 is 19.7 Å². The van der Waals surface area contributed by atoms with Crippen LogP contribution in [0.15, 0.2) is 42.5 Å². The van der Waals surface area contributed by atoms with Crippen LogP contribution in [-0.4, -0.2) is 52.4 Å². The number of aliphatic hydroxyl groups is 2. The summed E-state index contributed by atoms with van der Waals surface area (Å²) in [6.07, 6.45) is 1.73. The Bertz CT molecular complexity index is 1250. The summed E-state index contributed by atoms with van der Waals surface area (Å²) in [7, 11) is 0. The Hall–Kier alpha value is -2.68. The number of aliphatic hydroxyl groups excluding tert-OH is 1. The van der Waals surface area contributed by atoms with E-state index < -0.39 is 69.6 Å². The summed E-state index contributed by atoms with van der Waals surface area (Å²) < 4.78 is 25.1. The van der Waals surface area contributed by atoms with Gasteiger partial charge in [0.25, 0.3) is 0 Å². The van der Waals surface area contributed by atoms with Gasteiger partial charge in [-0.25, -0.2) is 9.18 Å². The van der Waals surface area contributed by atoms with Crippen LogP contribution in [0, 0.1) is 39.8 Å². The molecule has 2 aliphatic heterocycles. The fourth-order valence-electron chi connectivity index (χ4n) is 8.67. The summed E-state index contributed by atoms with van der Waals surface area (Å²) in [5.74, 6) is -5.91. The molecule has 7 rings (SSSR count). The highest BCUT2D eigenvalue weighted by atomic mass is 19.1. The molecular weight excluding hydrogens is 479 g/mol. The van der Waals surface area contributed by atoms with Gasteiger partial charge in [0.2, 0.25) is 5.79 Å². The molecule has 2 heterocycles. The lowest BCUT2D eigenvalue weighted by Crippen LogP contribution is -2.85. The molecule has 2 N–H and O–H groups in total. The van der Waals surface area contributed by atoms with Gasteiger partial charge in [-0.1, -0.05) is 32.6 Å². The van der Waals surface area contributed by atoms with Crippen LogP contribution in [0.4, 0.5) is 4.39 Å². The molecule has 4 bridgehead atoms. The third-order valence-corrected chi connectivity index (χ3v) is 10.1. The SMILES string of the molecule is C=C1C(=O)[C@]23[C@H](OC(=O)/C=C/c4ccc(F)cc4)[C@H]1CC[C@H]2[C@@]12CO[C@]3(O)[C@@H](O)[C@@H]1C(C)(C)CCC2=O. The fourth-order valence-corrected chi connectivity index (χ4v) is 8.67. The molecule has 0 radical (unpaired) electrons. The molecule has 37 heavy (non-hydrogen) atoms.